The molecular formula is C19H20F3N7O. The van der Waals surface area contributed by atoms with Crippen molar-refractivity contribution >= 4 is 17.6 Å². The number of nitrogens with zero attached hydrogens (tertiary/aromatic N) is 5. The van der Waals surface area contributed by atoms with Gasteiger partial charge in [0.25, 0.3) is 0 Å². The summed E-state index contributed by atoms with van der Waals surface area (Å²) in [6.07, 6.45) is -5.05. The second-order valence-electron chi connectivity index (χ2n) is 6.94. The lowest BCUT2D eigenvalue weighted by Gasteiger charge is -2.18. The fourth-order valence-electron chi connectivity index (χ4n) is 2.22. The van der Waals surface area contributed by atoms with Crippen molar-refractivity contribution in [1.29, 1.82) is 0 Å². The van der Waals surface area contributed by atoms with Gasteiger partial charge in [-0.25, -0.2) is 4.98 Å². The summed E-state index contributed by atoms with van der Waals surface area (Å²) in [6, 6.07) is 2.72. The Balaban J connectivity index is 2.10. The summed E-state index contributed by atoms with van der Waals surface area (Å²) >= 11 is 0. The van der Waals surface area contributed by atoms with Gasteiger partial charge in [0.1, 0.15) is 11.4 Å². The fraction of sp³-hybridized carbons (Fsp3) is 0.316. The zero-order valence-electron chi connectivity index (χ0n) is 19.3. The Hall–Kier alpha value is -3.34. The van der Waals surface area contributed by atoms with E-state index in [4.69, 9.17) is 4.11 Å². The molecular weight excluding hydrogens is 399 g/mol. The third-order valence-electron chi connectivity index (χ3n) is 3.53. The lowest BCUT2D eigenvalue weighted by atomic mass is 10.1. The van der Waals surface area contributed by atoms with Crippen LogP contribution >= 0.6 is 0 Å². The van der Waals surface area contributed by atoms with E-state index in [1.807, 2.05) is 0 Å². The summed E-state index contributed by atoms with van der Waals surface area (Å²) in [5.41, 5.74) is -2.39. The number of nitrogens with one attached hydrogen (secondary N) is 2. The first-order valence-corrected chi connectivity index (χ1v) is 8.73. The maximum absolute atomic E-state index is 13.1. The van der Waals surface area contributed by atoms with Gasteiger partial charge in [-0.2, -0.15) is 28.1 Å². The molecule has 0 saturated carbocycles. The molecule has 0 aliphatic heterocycles. The molecule has 0 spiro atoms. The van der Waals surface area contributed by atoms with Crippen LogP contribution in [0.1, 0.15) is 29.3 Å². The summed E-state index contributed by atoms with van der Waals surface area (Å²) in [4.78, 5) is 19.7. The molecule has 3 rings (SSSR count). The monoisotopic (exact) mass is 422 g/mol. The third-order valence-corrected chi connectivity index (χ3v) is 3.53. The van der Waals surface area contributed by atoms with E-state index in [0.29, 0.717) is 0 Å². The Morgan fingerprint density at radius 3 is 2.53 bits per heavy atom. The smallest absolute Gasteiger partial charge is 0.389 e. The highest BCUT2D eigenvalue weighted by molar-refractivity contribution is 5.59. The summed E-state index contributed by atoms with van der Waals surface area (Å²) in [5, 5.41) is 15.4. The number of hydrogen-bond donors (Lipinski definition) is 3. The average Bonchev–Trinajstić information content (AvgIpc) is 2.73. The van der Waals surface area contributed by atoms with Gasteiger partial charge in [0.2, 0.25) is 11.9 Å². The van der Waals surface area contributed by atoms with Crippen LogP contribution in [0.4, 0.5) is 30.8 Å². The molecule has 0 fully saturated rings. The number of rotatable bonds is 6. The molecule has 8 nitrogen and oxygen atoms in total. The molecule has 3 heterocycles. The quantitative estimate of drug-likeness (QED) is 0.553. The second-order valence-corrected chi connectivity index (χ2v) is 6.94. The average molecular weight is 422 g/mol. The predicted molar refractivity (Wildman–Crippen MR) is 105 cm³/mol. The normalized spacial score (nSPS) is 13.4. The van der Waals surface area contributed by atoms with Crippen molar-refractivity contribution < 1.29 is 22.4 Å². The van der Waals surface area contributed by atoms with Crippen LogP contribution in [-0.2, 0) is 6.18 Å². The topological polar surface area (TPSA) is 109 Å². The lowest BCUT2D eigenvalue weighted by Crippen LogP contribution is -2.30. The highest BCUT2D eigenvalue weighted by Gasteiger charge is 2.32. The van der Waals surface area contributed by atoms with Crippen molar-refractivity contribution in [2.75, 3.05) is 17.2 Å². The molecule has 0 aromatic carbocycles. The van der Waals surface area contributed by atoms with Crippen molar-refractivity contribution in [3.63, 3.8) is 0 Å². The molecule has 0 radical (unpaired) electrons. The number of aryl methyl sites for hydroxylation is 1. The van der Waals surface area contributed by atoms with Gasteiger partial charge in [-0.1, -0.05) is 6.07 Å². The van der Waals surface area contributed by atoms with Gasteiger partial charge < -0.3 is 15.7 Å². The zero-order chi connectivity index (χ0) is 24.6. The van der Waals surface area contributed by atoms with Gasteiger partial charge >= 0.3 is 6.18 Å². The molecule has 30 heavy (non-hydrogen) atoms. The van der Waals surface area contributed by atoms with Gasteiger partial charge in [-0.15, -0.1) is 0 Å². The molecule has 11 heteroatoms. The molecule has 3 aromatic heterocycles. The maximum Gasteiger partial charge on any atom is 0.433 e. The molecule has 0 unspecified atom stereocenters. The molecule has 3 N–H and O–H groups in total. The Kier molecular flexibility index (Phi) is 4.78. The van der Waals surface area contributed by atoms with E-state index in [2.05, 4.69) is 35.6 Å². The number of anilines is 3. The first kappa shape index (κ1) is 17.5. The van der Waals surface area contributed by atoms with E-state index in [1.54, 1.807) is 0 Å². The van der Waals surface area contributed by atoms with Gasteiger partial charge in [0.15, 0.2) is 5.82 Å². The van der Waals surface area contributed by atoms with E-state index in [-0.39, 0.29) is 59.6 Å². The molecule has 0 atom stereocenters. The Morgan fingerprint density at radius 2 is 1.83 bits per heavy atom. The molecule has 0 aliphatic rings. The minimum Gasteiger partial charge on any atom is -0.389 e. The summed E-state index contributed by atoms with van der Waals surface area (Å²) in [6.45, 7) is 4.56. The van der Waals surface area contributed by atoms with E-state index in [9.17, 15) is 18.3 Å². The maximum atomic E-state index is 13.1. The van der Waals surface area contributed by atoms with Crippen LogP contribution in [0.5, 0.6) is 0 Å². The van der Waals surface area contributed by atoms with E-state index >= 15 is 0 Å². The first-order valence-electron chi connectivity index (χ1n) is 10.2. The largest absolute Gasteiger partial charge is 0.433 e. The number of aliphatic hydroxyl groups is 1. The van der Waals surface area contributed by atoms with Crippen molar-refractivity contribution in [2.24, 2.45) is 0 Å². The Bertz CT molecular complexity index is 1160. The van der Waals surface area contributed by atoms with Crippen LogP contribution in [0.15, 0.2) is 36.5 Å². The number of aromatic nitrogens is 5. The van der Waals surface area contributed by atoms with Gasteiger partial charge in [-0.05, 0) is 45.0 Å². The second kappa shape index (κ2) is 8.19. The molecule has 0 bridgehead atoms. The van der Waals surface area contributed by atoms with Crippen LogP contribution in [0.25, 0.3) is 11.5 Å². The minimum atomic E-state index is -4.68. The van der Waals surface area contributed by atoms with E-state index in [1.165, 1.54) is 26.8 Å². The standard InChI is InChI=1S/C19H20F3N7O/c1-11-9-12(7-8-23-11)25-17-28-15(27-16(29-17)24-10-18(2,3)30)13-5-4-6-14(26-13)19(20,21)22/h4-9,30H,10H2,1-3H3,(H2,23,24,25,27,28,29)/i7D,8D,9D. The number of hydrogen-bond acceptors (Lipinski definition) is 8. The van der Waals surface area contributed by atoms with E-state index < -0.39 is 17.5 Å². The number of pyridine rings is 2. The van der Waals surface area contributed by atoms with Crippen molar-refractivity contribution in [1.82, 2.24) is 24.9 Å². The summed E-state index contributed by atoms with van der Waals surface area (Å²) < 4.78 is 63.3. The molecule has 0 saturated heterocycles. The minimum absolute atomic E-state index is 0.00450. The highest BCUT2D eigenvalue weighted by Crippen LogP contribution is 2.29. The van der Waals surface area contributed by atoms with Gasteiger partial charge in [0.05, 0.1) is 9.71 Å². The summed E-state index contributed by atoms with van der Waals surface area (Å²) in [5.74, 6) is -0.505. The predicted octanol–water partition coefficient (Wildman–Crippen LogP) is 3.58. The SMILES string of the molecule is [2H]c1nc(C)c([2H])c(Nc2nc(NCC(C)(C)O)nc(-c3cccc(C(F)(F)F)n3)n2)c1[2H]. The van der Waals surface area contributed by atoms with Crippen LogP contribution in [0, 0.1) is 6.92 Å². The van der Waals surface area contributed by atoms with Crippen LogP contribution < -0.4 is 10.6 Å². The summed E-state index contributed by atoms with van der Waals surface area (Å²) in [7, 11) is 0. The highest BCUT2D eigenvalue weighted by atomic mass is 19.4. The van der Waals surface area contributed by atoms with Gasteiger partial charge in [0, 0.05) is 24.1 Å². The van der Waals surface area contributed by atoms with Crippen LogP contribution in [0.2, 0.25) is 0 Å². The molecule has 158 valence electrons. The first-order chi connectivity index (χ1) is 15.2. The van der Waals surface area contributed by atoms with Crippen LogP contribution in [-0.4, -0.2) is 42.2 Å². The Labute approximate surface area is 174 Å². The van der Waals surface area contributed by atoms with Crippen molar-refractivity contribution in [3.05, 3.63) is 47.8 Å². The molecule has 3 aromatic rings. The van der Waals surface area contributed by atoms with Crippen LogP contribution in [0.3, 0.4) is 0 Å². The van der Waals surface area contributed by atoms with Crippen molar-refractivity contribution in [2.45, 2.75) is 32.5 Å². The van der Waals surface area contributed by atoms with Gasteiger partial charge in [-0.3, -0.25) is 4.98 Å². The Morgan fingerprint density at radius 1 is 1.10 bits per heavy atom. The molecule has 0 amide bonds. The fourth-order valence-corrected chi connectivity index (χ4v) is 2.22. The third kappa shape index (κ3) is 5.83. The van der Waals surface area contributed by atoms with Crippen molar-refractivity contribution in [3.8, 4) is 11.5 Å². The number of alkyl halides is 3. The number of halogens is 3. The lowest BCUT2D eigenvalue weighted by molar-refractivity contribution is -0.141. The molecule has 0 aliphatic carbocycles. The van der Waals surface area contributed by atoms with E-state index in [0.717, 1.165) is 12.1 Å². The zero-order valence-corrected chi connectivity index (χ0v) is 16.3.